The molecule has 0 spiro atoms. The summed E-state index contributed by atoms with van der Waals surface area (Å²) in [5.41, 5.74) is 5.05. The van der Waals surface area contributed by atoms with Crippen molar-refractivity contribution in [1.82, 2.24) is 14.9 Å². The average Bonchev–Trinajstić information content (AvgIpc) is 3.34. The van der Waals surface area contributed by atoms with E-state index in [1.165, 1.54) is 5.57 Å². The molecule has 0 unspecified atom stereocenters. The lowest BCUT2D eigenvalue weighted by Gasteiger charge is -2.21. The number of carboxylic acid groups (broad SMARTS) is 2. The topological polar surface area (TPSA) is 130 Å². The zero-order valence-electron chi connectivity index (χ0n) is 15.5. The standard InChI is InChI=1S/C18H16N4S.C2H2O4/c1-22-6-2-3-13(10-22)18-21-17(11-23-18)15-9-20-16-5-4-12(8-19)7-14(15)16;3-1(4)2(5)6/h3-5,7,9,11,20H,2,6,10H2,1H3;(H,3,4)(H,5,6). The summed E-state index contributed by atoms with van der Waals surface area (Å²) >= 11 is 1.69. The van der Waals surface area contributed by atoms with Crippen LogP contribution in [0.3, 0.4) is 0 Å². The molecule has 1 aliphatic heterocycles. The monoisotopic (exact) mass is 410 g/mol. The zero-order chi connectivity index (χ0) is 21.0. The first-order valence-corrected chi connectivity index (χ1v) is 9.58. The smallest absolute Gasteiger partial charge is 0.414 e. The van der Waals surface area contributed by atoms with E-state index >= 15 is 0 Å². The summed E-state index contributed by atoms with van der Waals surface area (Å²) in [6.07, 6.45) is 5.36. The van der Waals surface area contributed by atoms with Crippen molar-refractivity contribution in [1.29, 1.82) is 5.26 Å². The van der Waals surface area contributed by atoms with Gasteiger partial charge < -0.3 is 20.1 Å². The number of aromatic nitrogens is 2. The van der Waals surface area contributed by atoms with Crippen LogP contribution in [-0.2, 0) is 9.59 Å². The van der Waals surface area contributed by atoms with Crippen LogP contribution in [0.25, 0.3) is 27.7 Å². The van der Waals surface area contributed by atoms with Crippen LogP contribution in [0, 0.1) is 11.3 Å². The molecule has 0 atom stereocenters. The van der Waals surface area contributed by atoms with Gasteiger partial charge in [0, 0.05) is 41.1 Å². The van der Waals surface area contributed by atoms with Gasteiger partial charge in [0.15, 0.2) is 0 Å². The Bertz CT molecular complexity index is 1130. The molecule has 8 nitrogen and oxygen atoms in total. The Morgan fingerprint density at radius 2 is 2.07 bits per heavy atom. The van der Waals surface area contributed by atoms with E-state index in [1.54, 1.807) is 11.3 Å². The van der Waals surface area contributed by atoms with E-state index in [1.807, 2.05) is 24.4 Å². The van der Waals surface area contributed by atoms with E-state index in [0.717, 1.165) is 46.7 Å². The van der Waals surface area contributed by atoms with Gasteiger partial charge >= 0.3 is 11.9 Å². The number of carbonyl (C=O) groups is 2. The van der Waals surface area contributed by atoms with Gasteiger partial charge in [-0.15, -0.1) is 11.3 Å². The highest BCUT2D eigenvalue weighted by atomic mass is 32.1. The normalized spacial score (nSPS) is 13.9. The number of H-pyrrole nitrogens is 1. The van der Waals surface area contributed by atoms with Crippen LogP contribution in [0.15, 0.2) is 35.9 Å². The molecule has 3 N–H and O–H groups in total. The lowest BCUT2D eigenvalue weighted by molar-refractivity contribution is -0.159. The Morgan fingerprint density at radius 1 is 1.31 bits per heavy atom. The highest BCUT2D eigenvalue weighted by Crippen LogP contribution is 2.32. The molecule has 0 saturated heterocycles. The predicted octanol–water partition coefficient (Wildman–Crippen LogP) is 3.04. The molecular formula is C20H18N4O4S. The lowest BCUT2D eigenvalue weighted by Crippen LogP contribution is -2.24. The van der Waals surface area contributed by atoms with Gasteiger partial charge in [0.2, 0.25) is 0 Å². The fourth-order valence-electron chi connectivity index (χ4n) is 3.00. The summed E-state index contributed by atoms with van der Waals surface area (Å²) in [4.78, 5) is 28.6. The average molecular weight is 410 g/mol. The van der Waals surface area contributed by atoms with Gasteiger partial charge in [0.05, 0.1) is 17.3 Å². The van der Waals surface area contributed by atoms with E-state index in [9.17, 15) is 0 Å². The van der Waals surface area contributed by atoms with Crippen molar-refractivity contribution in [3.63, 3.8) is 0 Å². The molecule has 4 rings (SSSR count). The minimum absolute atomic E-state index is 0.672. The molecule has 3 aromatic rings. The number of benzene rings is 1. The fraction of sp³-hybridized carbons (Fsp3) is 0.200. The van der Waals surface area contributed by atoms with Crippen molar-refractivity contribution in [2.24, 2.45) is 0 Å². The highest BCUT2D eigenvalue weighted by Gasteiger charge is 2.16. The number of hydrogen-bond donors (Lipinski definition) is 3. The minimum atomic E-state index is -1.82. The maximum atomic E-state index is 9.11. The molecule has 0 radical (unpaired) electrons. The largest absolute Gasteiger partial charge is 0.473 e. The molecule has 0 amide bonds. The van der Waals surface area contributed by atoms with Gasteiger partial charge in [-0.05, 0) is 37.2 Å². The van der Waals surface area contributed by atoms with Crippen LogP contribution >= 0.6 is 11.3 Å². The first-order chi connectivity index (χ1) is 13.9. The van der Waals surface area contributed by atoms with Crippen LogP contribution < -0.4 is 0 Å². The molecule has 3 heterocycles. The molecule has 1 aliphatic rings. The third-order valence-electron chi connectivity index (χ3n) is 4.39. The Kier molecular flexibility index (Phi) is 6.07. The molecule has 2 aromatic heterocycles. The Hall–Kier alpha value is -3.48. The molecule has 29 heavy (non-hydrogen) atoms. The number of nitriles is 1. The number of aromatic amines is 1. The van der Waals surface area contributed by atoms with Crippen molar-refractivity contribution >= 4 is 39.8 Å². The van der Waals surface area contributed by atoms with Gasteiger partial charge in [0.1, 0.15) is 5.01 Å². The summed E-state index contributed by atoms with van der Waals surface area (Å²) in [5.74, 6) is -3.65. The number of nitrogens with one attached hydrogen (secondary N) is 1. The summed E-state index contributed by atoms with van der Waals surface area (Å²) in [6, 6.07) is 7.91. The number of nitrogens with zero attached hydrogens (tertiary/aromatic N) is 3. The molecule has 148 valence electrons. The van der Waals surface area contributed by atoms with E-state index in [2.05, 4.69) is 34.5 Å². The van der Waals surface area contributed by atoms with Crippen molar-refractivity contribution < 1.29 is 19.8 Å². The van der Waals surface area contributed by atoms with Crippen LogP contribution in [0.2, 0.25) is 0 Å². The molecule has 0 fully saturated rings. The van der Waals surface area contributed by atoms with Gasteiger partial charge in [-0.3, -0.25) is 0 Å². The van der Waals surface area contributed by atoms with E-state index in [0.29, 0.717) is 5.56 Å². The minimum Gasteiger partial charge on any atom is -0.473 e. The molecule has 0 bridgehead atoms. The maximum Gasteiger partial charge on any atom is 0.414 e. The summed E-state index contributed by atoms with van der Waals surface area (Å²) in [5, 5.41) is 28.1. The maximum absolute atomic E-state index is 9.11. The van der Waals surface area contributed by atoms with Crippen molar-refractivity contribution in [3.05, 3.63) is 46.4 Å². The molecule has 0 saturated carbocycles. The number of carboxylic acids is 2. The lowest BCUT2D eigenvalue weighted by atomic mass is 10.1. The van der Waals surface area contributed by atoms with Crippen molar-refractivity contribution in [2.75, 3.05) is 20.1 Å². The molecule has 0 aliphatic carbocycles. The van der Waals surface area contributed by atoms with Gasteiger partial charge in [-0.2, -0.15) is 5.26 Å². The first kappa shape index (κ1) is 20.3. The number of thiazole rings is 1. The van der Waals surface area contributed by atoms with E-state index in [4.69, 9.17) is 30.0 Å². The molecular weight excluding hydrogens is 392 g/mol. The van der Waals surface area contributed by atoms with Crippen LogP contribution in [0.5, 0.6) is 0 Å². The summed E-state index contributed by atoms with van der Waals surface area (Å²) < 4.78 is 0. The number of likely N-dealkylation sites (N-methyl/N-ethyl adjacent to an activating group) is 1. The van der Waals surface area contributed by atoms with Crippen molar-refractivity contribution in [2.45, 2.75) is 6.42 Å². The van der Waals surface area contributed by atoms with Gasteiger partial charge in [-0.25, -0.2) is 14.6 Å². The first-order valence-electron chi connectivity index (χ1n) is 8.70. The predicted molar refractivity (Wildman–Crippen MR) is 109 cm³/mol. The number of aliphatic carboxylic acids is 2. The Balaban J connectivity index is 0.000000353. The van der Waals surface area contributed by atoms with E-state index < -0.39 is 11.9 Å². The van der Waals surface area contributed by atoms with Crippen LogP contribution in [-0.4, -0.2) is 57.2 Å². The van der Waals surface area contributed by atoms with E-state index in [-0.39, 0.29) is 0 Å². The van der Waals surface area contributed by atoms with Crippen molar-refractivity contribution in [3.8, 4) is 17.3 Å². The third kappa shape index (κ3) is 4.68. The second-order valence-corrected chi connectivity index (χ2v) is 7.34. The zero-order valence-corrected chi connectivity index (χ0v) is 16.4. The molecule has 1 aromatic carbocycles. The second kappa shape index (κ2) is 8.68. The number of hydrogen-bond acceptors (Lipinski definition) is 6. The highest BCUT2D eigenvalue weighted by molar-refractivity contribution is 7.11. The summed E-state index contributed by atoms with van der Waals surface area (Å²) in [7, 11) is 2.14. The third-order valence-corrected chi connectivity index (χ3v) is 5.31. The Labute approximate surface area is 170 Å². The summed E-state index contributed by atoms with van der Waals surface area (Å²) in [6.45, 7) is 2.07. The van der Waals surface area contributed by atoms with Gasteiger partial charge in [0.25, 0.3) is 0 Å². The fourth-order valence-corrected chi connectivity index (χ4v) is 3.85. The van der Waals surface area contributed by atoms with Crippen LogP contribution in [0.1, 0.15) is 17.0 Å². The Morgan fingerprint density at radius 3 is 2.72 bits per heavy atom. The number of fused-ring (bicyclic) bond motifs is 1. The SMILES string of the molecule is CN1CCC=C(c2nc(-c3c[nH]c4ccc(C#N)cc34)cs2)C1.O=C(O)C(=O)O. The number of rotatable bonds is 2. The van der Waals surface area contributed by atoms with Gasteiger partial charge in [-0.1, -0.05) is 6.08 Å². The quantitative estimate of drug-likeness (QED) is 0.554. The molecule has 9 heteroatoms. The van der Waals surface area contributed by atoms with Crippen LogP contribution in [0.4, 0.5) is 0 Å². The second-order valence-electron chi connectivity index (χ2n) is 6.48.